The second-order valence-electron chi connectivity index (χ2n) is 4.84. The van der Waals surface area contributed by atoms with E-state index in [9.17, 15) is 0 Å². The van der Waals surface area contributed by atoms with E-state index in [1.165, 1.54) is 6.42 Å². The largest absolute Gasteiger partial charge is 0.370 e. The van der Waals surface area contributed by atoms with Crippen LogP contribution in [0.3, 0.4) is 0 Å². The molecule has 0 aliphatic carbocycles. The molecular weight excluding hydrogens is 210 g/mol. The van der Waals surface area contributed by atoms with E-state index in [4.69, 9.17) is 11.0 Å². The Labute approximate surface area is 103 Å². The number of piperidine rings is 1. The fraction of sp³-hybridized carbons (Fsp3) is 0.500. The zero-order chi connectivity index (χ0) is 12.3. The first-order valence-electron chi connectivity index (χ1n) is 6.22. The molecule has 1 aliphatic heterocycles. The number of anilines is 1. The molecule has 0 radical (unpaired) electrons. The minimum Gasteiger partial charge on any atom is -0.370 e. The van der Waals surface area contributed by atoms with Gasteiger partial charge in [0, 0.05) is 19.1 Å². The smallest absolute Gasteiger partial charge is 0.101 e. The molecule has 1 aliphatic rings. The van der Waals surface area contributed by atoms with Crippen molar-refractivity contribution < 1.29 is 0 Å². The van der Waals surface area contributed by atoms with Crippen molar-refractivity contribution in [1.82, 2.24) is 0 Å². The molecule has 90 valence electrons. The summed E-state index contributed by atoms with van der Waals surface area (Å²) in [5.41, 5.74) is 7.80. The molecular formula is C14H19N3. The monoisotopic (exact) mass is 229 g/mol. The molecule has 2 N–H and O–H groups in total. The highest BCUT2D eigenvalue weighted by Gasteiger charge is 2.23. The third-order valence-electron chi connectivity index (χ3n) is 3.57. The molecule has 1 heterocycles. The van der Waals surface area contributed by atoms with Gasteiger partial charge in [-0.05, 0) is 37.8 Å². The number of hydrogen-bond donors (Lipinski definition) is 1. The highest BCUT2D eigenvalue weighted by Crippen LogP contribution is 2.26. The van der Waals surface area contributed by atoms with E-state index in [-0.39, 0.29) is 6.04 Å². The molecule has 3 nitrogen and oxygen atoms in total. The fourth-order valence-electron chi connectivity index (χ4n) is 2.50. The van der Waals surface area contributed by atoms with Crippen LogP contribution in [0, 0.1) is 17.2 Å². The van der Waals surface area contributed by atoms with Crippen molar-refractivity contribution in [1.29, 1.82) is 5.26 Å². The maximum Gasteiger partial charge on any atom is 0.101 e. The molecule has 1 fully saturated rings. The number of nitrogens with two attached hydrogens (primary N) is 1. The Morgan fingerprint density at radius 2 is 2.24 bits per heavy atom. The summed E-state index contributed by atoms with van der Waals surface area (Å²) in [6.07, 6.45) is 2.36. The molecule has 0 bridgehead atoms. The third kappa shape index (κ3) is 2.59. The van der Waals surface area contributed by atoms with Crippen molar-refractivity contribution in [3.05, 3.63) is 29.8 Å². The predicted octanol–water partition coefficient (Wildman–Crippen LogP) is 2.12. The second-order valence-corrected chi connectivity index (χ2v) is 4.84. The van der Waals surface area contributed by atoms with Crippen LogP contribution in [0.25, 0.3) is 0 Å². The molecule has 0 aromatic heterocycles. The van der Waals surface area contributed by atoms with Gasteiger partial charge in [-0.1, -0.05) is 12.1 Å². The van der Waals surface area contributed by atoms with Gasteiger partial charge in [0.2, 0.25) is 0 Å². The topological polar surface area (TPSA) is 53.0 Å². The summed E-state index contributed by atoms with van der Waals surface area (Å²) < 4.78 is 0. The molecule has 1 aromatic rings. The van der Waals surface area contributed by atoms with Gasteiger partial charge in [-0.2, -0.15) is 5.26 Å². The summed E-state index contributed by atoms with van der Waals surface area (Å²) >= 11 is 0. The highest BCUT2D eigenvalue weighted by molar-refractivity contribution is 5.59. The Morgan fingerprint density at radius 1 is 1.47 bits per heavy atom. The lowest BCUT2D eigenvalue weighted by molar-refractivity contribution is 0.364. The minimum atomic E-state index is 0.229. The zero-order valence-electron chi connectivity index (χ0n) is 10.3. The van der Waals surface area contributed by atoms with E-state index in [0.717, 1.165) is 30.8 Å². The summed E-state index contributed by atoms with van der Waals surface area (Å²) in [6, 6.07) is 10.3. The van der Waals surface area contributed by atoms with Crippen LogP contribution < -0.4 is 10.6 Å². The molecule has 17 heavy (non-hydrogen) atoms. The van der Waals surface area contributed by atoms with Gasteiger partial charge in [-0.15, -0.1) is 0 Å². The van der Waals surface area contributed by atoms with Crippen LogP contribution >= 0.6 is 0 Å². The second kappa shape index (κ2) is 5.20. The number of nitrogens with zero attached hydrogens (tertiary/aromatic N) is 2. The lowest BCUT2D eigenvalue weighted by Gasteiger charge is -2.36. The molecule has 2 unspecified atom stereocenters. The average molecular weight is 229 g/mol. The van der Waals surface area contributed by atoms with E-state index in [2.05, 4.69) is 17.9 Å². The van der Waals surface area contributed by atoms with Gasteiger partial charge in [-0.25, -0.2) is 0 Å². The average Bonchev–Trinajstić information content (AvgIpc) is 2.39. The molecule has 0 saturated carbocycles. The predicted molar refractivity (Wildman–Crippen MR) is 69.7 cm³/mol. The van der Waals surface area contributed by atoms with Gasteiger partial charge in [0.1, 0.15) is 6.07 Å². The van der Waals surface area contributed by atoms with Gasteiger partial charge >= 0.3 is 0 Å². The lowest BCUT2D eigenvalue weighted by atomic mass is 9.91. The molecule has 1 aromatic carbocycles. The van der Waals surface area contributed by atoms with E-state index in [1.807, 2.05) is 24.3 Å². The lowest BCUT2D eigenvalue weighted by Crippen LogP contribution is -2.42. The zero-order valence-corrected chi connectivity index (χ0v) is 10.3. The summed E-state index contributed by atoms with van der Waals surface area (Å²) in [4.78, 5) is 2.30. The SMILES string of the molecule is CC(N)C1CCCN(c2ccccc2C#N)C1. The first-order valence-corrected chi connectivity index (χ1v) is 6.22. The maximum absolute atomic E-state index is 9.12. The molecule has 2 rings (SSSR count). The summed E-state index contributed by atoms with van der Waals surface area (Å²) in [6.45, 7) is 4.07. The Morgan fingerprint density at radius 3 is 2.94 bits per heavy atom. The number of benzene rings is 1. The van der Waals surface area contributed by atoms with E-state index < -0.39 is 0 Å². The summed E-state index contributed by atoms with van der Waals surface area (Å²) in [5, 5.41) is 9.12. The van der Waals surface area contributed by atoms with Crippen LogP contribution in [0.2, 0.25) is 0 Å². The van der Waals surface area contributed by atoms with Crippen molar-refractivity contribution in [3.8, 4) is 6.07 Å². The number of rotatable bonds is 2. The first-order chi connectivity index (χ1) is 8.22. The van der Waals surface area contributed by atoms with E-state index in [0.29, 0.717) is 5.92 Å². The van der Waals surface area contributed by atoms with Crippen molar-refractivity contribution >= 4 is 5.69 Å². The van der Waals surface area contributed by atoms with Crippen LogP contribution in [0.5, 0.6) is 0 Å². The third-order valence-corrected chi connectivity index (χ3v) is 3.57. The Balaban J connectivity index is 2.19. The van der Waals surface area contributed by atoms with Gasteiger partial charge in [0.05, 0.1) is 11.3 Å². The van der Waals surface area contributed by atoms with E-state index in [1.54, 1.807) is 0 Å². The van der Waals surface area contributed by atoms with E-state index >= 15 is 0 Å². The summed E-state index contributed by atoms with van der Waals surface area (Å²) in [5.74, 6) is 0.537. The van der Waals surface area contributed by atoms with Gasteiger partial charge in [0.25, 0.3) is 0 Å². The van der Waals surface area contributed by atoms with Crippen LogP contribution in [0.4, 0.5) is 5.69 Å². The highest BCUT2D eigenvalue weighted by atomic mass is 15.1. The van der Waals surface area contributed by atoms with Crippen LogP contribution in [0.1, 0.15) is 25.3 Å². The molecule has 1 saturated heterocycles. The van der Waals surface area contributed by atoms with Crippen LogP contribution in [-0.2, 0) is 0 Å². The van der Waals surface area contributed by atoms with Gasteiger partial charge in [0.15, 0.2) is 0 Å². The van der Waals surface area contributed by atoms with Gasteiger partial charge in [-0.3, -0.25) is 0 Å². The van der Waals surface area contributed by atoms with Crippen molar-refractivity contribution in [2.75, 3.05) is 18.0 Å². The van der Waals surface area contributed by atoms with Crippen LogP contribution in [-0.4, -0.2) is 19.1 Å². The van der Waals surface area contributed by atoms with Crippen LogP contribution in [0.15, 0.2) is 24.3 Å². The number of hydrogen-bond acceptors (Lipinski definition) is 3. The Hall–Kier alpha value is -1.53. The molecule has 2 atom stereocenters. The molecule has 3 heteroatoms. The van der Waals surface area contributed by atoms with Crippen molar-refractivity contribution in [3.63, 3.8) is 0 Å². The molecule has 0 spiro atoms. The Bertz CT molecular complexity index is 420. The normalized spacial score (nSPS) is 21.9. The van der Waals surface area contributed by atoms with Gasteiger partial charge < -0.3 is 10.6 Å². The minimum absolute atomic E-state index is 0.229. The Kier molecular flexibility index (Phi) is 3.65. The van der Waals surface area contributed by atoms with Crippen molar-refractivity contribution in [2.24, 2.45) is 11.7 Å². The standard InChI is InChI=1S/C14H19N3/c1-11(16)13-6-4-8-17(10-13)14-7-3-2-5-12(14)9-15/h2-3,5,7,11,13H,4,6,8,10,16H2,1H3. The maximum atomic E-state index is 9.12. The molecule has 0 amide bonds. The first kappa shape index (κ1) is 11.9. The van der Waals surface area contributed by atoms with Crippen molar-refractivity contribution in [2.45, 2.75) is 25.8 Å². The fourth-order valence-corrected chi connectivity index (χ4v) is 2.50. The summed E-state index contributed by atoms with van der Waals surface area (Å²) in [7, 11) is 0. The number of nitriles is 1. The quantitative estimate of drug-likeness (QED) is 0.845. The number of para-hydroxylation sites is 1.